The van der Waals surface area contributed by atoms with Gasteiger partial charge in [0.15, 0.2) is 5.78 Å². The number of ketones is 1. The minimum atomic E-state index is -2.01. The summed E-state index contributed by atoms with van der Waals surface area (Å²) in [7, 11) is 5.69. The van der Waals surface area contributed by atoms with Crippen molar-refractivity contribution >= 4 is 11.7 Å². The molecule has 2 aromatic rings. The van der Waals surface area contributed by atoms with Gasteiger partial charge in [-0.15, -0.1) is 0 Å². The highest BCUT2D eigenvalue weighted by molar-refractivity contribution is 6.14. The second-order valence-corrected chi connectivity index (χ2v) is 14.0. The molecular formula is C36H45N3O6. The molecule has 0 radical (unpaired) electrons. The fourth-order valence-electron chi connectivity index (χ4n) is 8.94. The molecule has 0 aromatic heterocycles. The molecule has 9 heteroatoms. The number of benzene rings is 2. The Morgan fingerprint density at radius 2 is 1.73 bits per heavy atom. The molecule has 0 aliphatic heterocycles. The Bertz CT molecular complexity index is 1600. The van der Waals surface area contributed by atoms with Crippen LogP contribution in [-0.2, 0) is 17.8 Å². The fraction of sp³-hybridized carbons (Fsp3) is 0.500. The first kappa shape index (κ1) is 31.3. The molecule has 5 atom stereocenters. The van der Waals surface area contributed by atoms with Gasteiger partial charge in [0.25, 0.3) is 5.91 Å². The van der Waals surface area contributed by atoms with E-state index in [1.54, 1.807) is 19.0 Å². The topological polar surface area (TPSA) is 148 Å². The van der Waals surface area contributed by atoms with Crippen LogP contribution in [-0.4, -0.2) is 80.7 Å². The zero-order valence-electron chi connectivity index (χ0n) is 26.6. The Labute approximate surface area is 264 Å². The number of Topliss-reactive ketones (excluding diaryl/α,β-unsaturated/α-hetero) is 1. The fourth-order valence-corrected chi connectivity index (χ4v) is 8.94. The number of fused-ring (bicyclic) bond motifs is 3. The zero-order chi connectivity index (χ0) is 32.4. The summed E-state index contributed by atoms with van der Waals surface area (Å²) in [6.07, 6.45) is 7.04. The van der Waals surface area contributed by atoms with Crippen LogP contribution in [0.3, 0.4) is 0 Å². The number of primary amides is 1. The van der Waals surface area contributed by atoms with Crippen LogP contribution < -0.4 is 5.73 Å². The minimum Gasteiger partial charge on any atom is -0.511 e. The number of carbonyl (C=O) groups excluding carboxylic acids is 2. The molecule has 2 aromatic carbocycles. The van der Waals surface area contributed by atoms with Gasteiger partial charge in [-0.1, -0.05) is 43.5 Å². The number of allylic oxidation sites excluding steroid dienone is 1. The molecule has 4 aliphatic carbocycles. The summed E-state index contributed by atoms with van der Waals surface area (Å²) in [6.45, 7) is 2.17. The van der Waals surface area contributed by atoms with Gasteiger partial charge in [0.2, 0.25) is 0 Å². The predicted octanol–water partition coefficient (Wildman–Crippen LogP) is 4.62. The van der Waals surface area contributed by atoms with Crippen LogP contribution in [0.4, 0.5) is 0 Å². The molecular weight excluding hydrogens is 570 g/mol. The maximum atomic E-state index is 14.2. The molecule has 0 heterocycles. The summed E-state index contributed by atoms with van der Waals surface area (Å²) >= 11 is 0. The van der Waals surface area contributed by atoms with Crippen molar-refractivity contribution in [2.24, 2.45) is 23.5 Å². The van der Waals surface area contributed by atoms with Crippen LogP contribution in [0.2, 0.25) is 0 Å². The Morgan fingerprint density at radius 1 is 1.02 bits per heavy atom. The third-order valence-corrected chi connectivity index (χ3v) is 10.9. The van der Waals surface area contributed by atoms with Crippen molar-refractivity contribution in [1.29, 1.82) is 0 Å². The number of hydrogen-bond acceptors (Lipinski definition) is 8. The second kappa shape index (κ2) is 11.6. The minimum absolute atomic E-state index is 0.141. The van der Waals surface area contributed by atoms with E-state index in [-0.39, 0.29) is 34.0 Å². The molecule has 0 saturated heterocycles. The lowest BCUT2D eigenvalue weighted by atomic mass is 9.56. The van der Waals surface area contributed by atoms with E-state index in [2.05, 4.69) is 24.1 Å². The molecule has 0 spiro atoms. The van der Waals surface area contributed by atoms with Gasteiger partial charge in [-0.2, -0.15) is 0 Å². The van der Waals surface area contributed by atoms with Gasteiger partial charge in [0.1, 0.15) is 22.9 Å². The SMILES string of the molecule is CN(Cc1cccc(-c2ccc(O)c3c2CC2CC4C(C(O)=C2C3=O)[C@@](C)(O)C(C(N)=O)=C(O)[C@H]4N(C)C)c1)C1CCCCC1. The summed E-state index contributed by atoms with van der Waals surface area (Å²) in [5.41, 5.74) is 7.25. The van der Waals surface area contributed by atoms with E-state index in [0.717, 1.165) is 23.2 Å². The number of carbonyl (C=O) groups is 2. The number of aromatic hydroxyl groups is 1. The largest absolute Gasteiger partial charge is 0.511 e. The van der Waals surface area contributed by atoms with E-state index in [0.29, 0.717) is 18.9 Å². The van der Waals surface area contributed by atoms with Gasteiger partial charge in [-0.05, 0) is 100.0 Å². The van der Waals surface area contributed by atoms with E-state index in [9.17, 15) is 30.0 Å². The zero-order valence-corrected chi connectivity index (χ0v) is 26.6. The Morgan fingerprint density at radius 3 is 2.40 bits per heavy atom. The van der Waals surface area contributed by atoms with Gasteiger partial charge < -0.3 is 26.2 Å². The highest BCUT2D eigenvalue weighted by Gasteiger charge is 2.59. The van der Waals surface area contributed by atoms with Crippen LogP contribution in [0.1, 0.15) is 66.9 Å². The van der Waals surface area contributed by atoms with Gasteiger partial charge in [-0.3, -0.25) is 19.4 Å². The molecule has 240 valence electrons. The smallest absolute Gasteiger partial charge is 0.251 e. The van der Waals surface area contributed by atoms with Crippen LogP contribution >= 0.6 is 0 Å². The van der Waals surface area contributed by atoms with E-state index in [1.807, 2.05) is 18.2 Å². The van der Waals surface area contributed by atoms with E-state index in [4.69, 9.17) is 5.73 Å². The van der Waals surface area contributed by atoms with Crippen molar-refractivity contribution in [3.8, 4) is 16.9 Å². The summed E-state index contributed by atoms with van der Waals surface area (Å²) in [5, 5.41) is 45.6. The molecule has 4 aliphatic rings. The van der Waals surface area contributed by atoms with Crippen molar-refractivity contribution in [3.05, 3.63) is 75.8 Å². The number of rotatable bonds is 6. The lowest BCUT2D eigenvalue weighted by Gasteiger charge is -2.52. The monoisotopic (exact) mass is 615 g/mol. The predicted molar refractivity (Wildman–Crippen MR) is 172 cm³/mol. The highest BCUT2D eigenvalue weighted by Crippen LogP contribution is 2.55. The number of amides is 1. The van der Waals surface area contributed by atoms with Crippen molar-refractivity contribution in [1.82, 2.24) is 9.80 Å². The Hall–Kier alpha value is -3.66. The molecule has 6 N–H and O–H groups in total. The van der Waals surface area contributed by atoms with Crippen molar-refractivity contribution < 1.29 is 30.0 Å². The molecule has 3 unspecified atom stereocenters. The summed E-state index contributed by atoms with van der Waals surface area (Å²) in [6, 6.07) is 11.6. The highest BCUT2D eigenvalue weighted by atomic mass is 16.3. The first-order chi connectivity index (χ1) is 21.3. The number of nitrogens with two attached hydrogens (primary N) is 1. The van der Waals surface area contributed by atoms with Crippen molar-refractivity contribution in [2.45, 2.75) is 76.1 Å². The van der Waals surface area contributed by atoms with Gasteiger partial charge >= 0.3 is 0 Å². The Kier molecular flexibility index (Phi) is 8.08. The van der Waals surface area contributed by atoms with Crippen LogP contribution in [0, 0.1) is 17.8 Å². The third kappa shape index (κ3) is 5.15. The molecule has 1 amide bonds. The second-order valence-electron chi connectivity index (χ2n) is 14.0. The quantitative estimate of drug-likeness (QED) is 0.316. The summed E-state index contributed by atoms with van der Waals surface area (Å²) in [4.78, 5) is 30.8. The molecule has 0 bridgehead atoms. The van der Waals surface area contributed by atoms with Gasteiger partial charge in [0, 0.05) is 18.2 Å². The van der Waals surface area contributed by atoms with Crippen molar-refractivity contribution in [3.63, 3.8) is 0 Å². The first-order valence-corrected chi connectivity index (χ1v) is 16.1. The average molecular weight is 616 g/mol. The number of nitrogens with zero attached hydrogens (tertiary/aromatic N) is 2. The number of phenols is 1. The molecule has 1 saturated carbocycles. The van der Waals surface area contributed by atoms with E-state index >= 15 is 0 Å². The maximum absolute atomic E-state index is 14.2. The molecule has 45 heavy (non-hydrogen) atoms. The number of phenolic OH excluding ortho intramolecular Hbond substituents is 1. The maximum Gasteiger partial charge on any atom is 0.251 e. The van der Waals surface area contributed by atoms with E-state index in [1.165, 1.54) is 50.7 Å². The van der Waals surface area contributed by atoms with E-state index < -0.39 is 41.1 Å². The molecule has 6 rings (SSSR count). The van der Waals surface area contributed by atoms with Crippen LogP contribution in [0.5, 0.6) is 5.75 Å². The van der Waals surface area contributed by atoms with Crippen LogP contribution in [0.25, 0.3) is 11.1 Å². The lowest BCUT2D eigenvalue weighted by molar-refractivity contribution is -0.120. The number of aliphatic hydroxyl groups is 3. The Balaban J connectivity index is 1.40. The summed E-state index contributed by atoms with van der Waals surface area (Å²) < 4.78 is 0. The number of likely N-dealkylation sites (N-methyl/N-ethyl adjacent to an activating group) is 1. The number of aliphatic hydroxyl groups excluding tert-OH is 2. The molecule has 9 nitrogen and oxygen atoms in total. The lowest BCUT2D eigenvalue weighted by Crippen LogP contribution is -2.59. The number of hydrogen-bond donors (Lipinski definition) is 5. The average Bonchev–Trinajstić information content (AvgIpc) is 2.96. The first-order valence-electron chi connectivity index (χ1n) is 16.1. The van der Waals surface area contributed by atoms with Gasteiger partial charge in [0.05, 0.1) is 23.1 Å². The van der Waals surface area contributed by atoms with Crippen molar-refractivity contribution in [2.75, 3.05) is 21.1 Å². The van der Waals surface area contributed by atoms with Gasteiger partial charge in [-0.25, -0.2) is 0 Å². The summed E-state index contributed by atoms with van der Waals surface area (Å²) in [5.74, 6) is -4.25. The standard InChI is InChI=1S/C36H45N3O6/c1-36(45)29-25(31(38(2)3)34(43)30(36)35(37)44)17-21-16-24-23(13-14-26(40)28(24)32(41)27(21)33(29)42)20-10-8-9-19(15-20)18-39(4)22-11-6-5-7-12-22/h8-10,13-15,21-22,25,29,31,40,42-43,45H,5-7,11-12,16-18H2,1-4H3,(H2,37,44)/t21?,25?,29?,31-,36+/m0/s1. The molecule has 1 fully saturated rings. The normalized spacial score (nSPS) is 28.7. The van der Waals surface area contributed by atoms with Crippen LogP contribution in [0.15, 0.2) is 59.1 Å². The third-order valence-electron chi connectivity index (χ3n) is 10.9.